The maximum Gasteiger partial charge on any atom is 0.228 e. The van der Waals surface area contributed by atoms with Gasteiger partial charge in [-0.1, -0.05) is 18.2 Å². The van der Waals surface area contributed by atoms with E-state index in [4.69, 9.17) is 4.42 Å². The van der Waals surface area contributed by atoms with Gasteiger partial charge in [0.2, 0.25) is 11.8 Å². The molecule has 0 spiro atoms. The molecule has 5 nitrogen and oxygen atoms in total. The number of aliphatic hydroxyl groups excluding tert-OH is 1. The van der Waals surface area contributed by atoms with Crippen molar-refractivity contribution in [2.45, 2.75) is 32.8 Å². The highest BCUT2D eigenvalue weighted by atomic mass is 16.4. The van der Waals surface area contributed by atoms with Crippen LogP contribution in [-0.4, -0.2) is 40.6 Å². The zero-order valence-corrected chi connectivity index (χ0v) is 13.2. The molecule has 0 bridgehead atoms. The Hall–Kier alpha value is -2.14. The Morgan fingerprint density at radius 3 is 2.68 bits per heavy atom. The minimum atomic E-state index is -0.409. The standard InChI is InChI=1S/C17H22N2O3/c1-12(20)9-10-19(3)16(21)11-15-13(2)22-17(18-15)14-7-5-4-6-8-14/h4-8,12,20H,9-11H2,1-3H3. The van der Waals surface area contributed by atoms with Crippen molar-refractivity contribution in [3.63, 3.8) is 0 Å². The summed E-state index contributed by atoms with van der Waals surface area (Å²) >= 11 is 0. The van der Waals surface area contributed by atoms with Crippen LogP contribution in [0.3, 0.4) is 0 Å². The van der Waals surface area contributed by atoms with Crippen LogP contribution in [0.4, 0.5) is 0 Å². The van der Waals surface area contributed by atoms with Gasteiger partial charge in [0.25, 0.3) is 0 Å². The van der Waals surface area contributed by atoms with Gasteiger partial charge >= 0.3 is 0 Å². The molecule has 5 heteroatoms. The smallest absolute Gasteiger partial charge is 0.228 e. The number of amides is 1. The first-order chi connectivity index (χ1) is 10.5. The molecule has 0 aliphatic carbocycles. The Bertz CT molecular complexity index is 620. The van der Waals surface area contributed by atoms with E-state index in [0.717, 1.165) is 5.56 Å². The SMILES string of the molecule is Cc1oc(-c2ccccc2)nc1CC(=O)N(C)CCC(C)O. The number of oxazole rings is 1. The molecule has 1 N–H and O–H groups in total. The molecule has 1 aromatic carbocycles. The van der Waals surface area contributed by atoms with Crippen LogP contribution < -0.4 is 0 Å². The highest BCUT2D eigenvalue weighted by Crippen LogP contribution is 2.21. The van der Waals surface area contributed by atoms with Crippen LogP contribution in [0.25, 0.3) is 11.5 Å². The lowest BCUT2D eigenvalue weighted by Gasteiger charge is -2.17. The summed E-state index contributed by atoms with van der Waals surface area (Å²) in [5.74, 6) is 1.17. The van der Waals surface area contributed by atoms with E-state index < -0.39 is 6.10 Å². The van der Waals surface area contributed by atoms with Gasteiger partial charge in [0.15, 0.2) is 0 Å². The van der Waals surface area contributed by atoms with Gasteiger partial charge in [-0.15, -0.1) is 0 Å². The number of aliphatic hydroxyl groups is 1. The molecule has 1 unspecified atom stereocenters. The Balaban J connectivity index is 2.04. The van der Waals surface area contributed by atoms with Gasteiger partial charge in [-0.05, 0) is 32.4 Å². The summed E-state index contributed by atoms with van der Waals surface area (Å²) in [5.41, 5.74) is 1.56. The third kappa shape index (κ3) is 4.18. The molecule has 2 aromatic rings. The van der Waals surface area contributed by atoms with E-state index in [9.17, 15) is 9.90 Å². The maximum absolute atomic E-state index is 12.2. The van der Waals surface area contributed by atoms with E-state index in [0.29, 0.717) is 30.3 Å². The highest BCUT2D eigenvalue weighted by Gasteiger charge is 2.17. The fourth-order valence-corrected chi connectivity index (χ4v) is 2.08. The summed E-state index contributed by atoms with van der Waals surface area (Å²) in [6.45, 7) is 4.06. The van der Waals surface area contributed by atoms with Crippen molar-refractivity contribution in [2.24, 2.45) is 0 Å². The van der Waals surface area contributed by atoms with E-state index in [1.54, 1.807) is 18.9 Å². The lowest BCUT2D eigenvalue weighted by atomic mass is 10.2. The Labute approximate surface area is 130 Å². The minimum absolute atomic E-state index is 0.0309. The molecule has 0 radical (unpaired) electrons. The van der Waals surface area contributed by atoms with Gasteiger partial charge < -0.3 is 14.4 Å². The Morgan fingerprint density at radius 2 is 2.05 bits per heavy atom. The largest absolute Gasteiger partial charge is 0.441 e. The summed E-state index contributed by atoms with van der Waals surface area (Å²) < 4.78 is 5.66. The Morgan fingerprint density at radius 1 is 1.36 bits per heavy atom. The molecule has 0 saturated heterocycles. The number of aromatic nitrogens is 1. The summed E-state index contributed by atoms with van der Waals surface area (Å²) in [6.07, 6.45) is 0.363. The number of carbonyl (C=O) groups is 1. The number of nitrogens with zero attached hydrogens (tertiary/aromatic N) is 2. The fourth-order valence-electron chi connectivity index (χ4n) is 2.08. The molecule has 2 rings (SSSR count). The molecule has 0 saturated carbocycles. The van der Waals surface area contributed by atoms with Crippen molar-refractivity contribution in [2.75, 3.05) is 13.6 Å². The van der Waals surface area contributed by atoms with Crippen molar-refractivity contribution in [3.05, 3.63) is 41.8 Å². The van der Waals surface area contributed by atoms with Crippen molar-refractivity contribution in [1.29, 1.82) is 0 Å². The average molecular weight is 302 g/mol. The highest BCUT2D eigenvalue weighted by molar-refractivity contribution is 5.78. The molecule has 0 aliphatic heterocycles. The van der Waals surface area contributed by atoms with Gasteiger partial charge in [0.1, 0.15) is 5.76 Å². The molecule has 1 atom stereocenters. The van der Waals surface area contributed by atoms with Crippen molar-refractivity contribution in [3.8, 4) is 11.5 Å². The van der Waals surface area contributed by atoms with Crippen LogP contribution in [0.15, 0.2) is 34.7 Å². The van der Waals surface area contributed by atoms with Crippen LogP contribution in [0.2, 0.25) is 0 Å². The Kier molecular flexibility index (Phi) is 5.33. The molecule has 1 amide bonds. The second-order valence-corrected chi connectivity index (χ2v) is 5.52. The number of aryl methyl sites for hydroxylation is 1. The van der Waals surface area contributed by atoms with Crippen LogP contribution in [-0.2, 0) is 11.2 Å². The normalized spacial score (nSPS) is 12.2. The average Bonchev–Trinajstić information content (AvgIpc) is 2.86. The van der Waals surface area contributed by atoms with Gasteiger partial charge in [-0.2, -0.15) is 0 Å². The molecule has 0 aliphatic rings. The first-order valence-corrected chi connectivity index (χ1v) is 7.41. The van der Waals surface area contributed by atoms with Gasteiger partial charge in [-0.25, -0.2) is 4.98 Å². The van der Waals surface area contributed by atoms with Crippen molar-refractivity contribution in [1.82, 2.24) is 9.88 Å². The van der Waals surface area contributed by atoms with E-state index >= 15 is 0 Å². The van der Waals surface area contributed by atoms with E-state index in [2.05, 4.69) is 4.98 Å². The summed E-state index contributed by atoms with van der Waals surface area (Å²) in [6, 6.07) is 9.62. The zero-order chi connectivity index (χ0) is 16.1. The van der Waals surface area contributed by atoms with Gasteiger partial charge in [0.05, 0.1) is 18.2 Å². The zero-order valence-electron chi connectivity index (χ0n) is 13.2. The first-order valence-electron chi connectivity index (χ1n) is 7.41. The van der Waals surface area contributed by atoms with Gasteiger partial charge in [-0.3, -0.25) is 4.79 Å². The van der Waals surface area contributed by atoms with Crippen molar-refractivity contribution >= 4 is 5.91 Å². The molecule has 22 heavy (non-hydrogen) atoms. The lowest BCUT2D eigenvalue weighted by molar-refractivity contribution is -0.129. The molecule has 1 aromatic heterocycles. The number of carbonyl (C=O) groups excluding carboxylic acids is 1. The van der Waals surface area contributed by atoms with E-state index in [-0.39, 0.29) is 12.3 Å². The van der Waals surface area contributed by atoms with Gasteiger partial charge in [0, 0.05) is 19.2 Å². The predicted octanol–water partition coefficient (Wildman–Crippen LogP) is 2.42. The van der Waals surface area contributed by atoms with E-state index in [1.807, 2.05) is 37.3 Å². The number of rotatable bonds is 6. The topological polar surface area (TPSA) is 66.6 Å². The molecule has 1 heterocycles. The molecular formula is C17H22N2O3. The van der Waals surface area contributed by atoms with Crippen LogP contribution in [0.5, 0.6) is 0 Å². The van der Waals surface area contributed by atoms with Crippen LogP contribution in [0.1, 0.15) is 24.8 Å². The maximum atomic E-state index is 12.2. The number of benzene rings is 1. The summed E-state index contributed by atoms with van der Waals surface area (Å²) in [5, 5.41) is 9.28. The van der Waals surface area contributed by atoms with Crippen LogP contribution >= 0.6 is 0 Å². The second kappa shape index (κ2) is 7.22. The van der Waals surface area contributed by atoms with Crippen LogP contribution in [0, 0.1) is 6.92 Å². The molecule has 118 valence electrons. The number of hydrogen-bond donors (Lipinski definition) is 1. The summed E-state index contributed by atoms with van der Waals surface area (Å²) in [7, 11) is 1.73. The number of likely N-dealkylation sites (N-methyl/N-ethyl adjacent to an activating group) is 1. The third-order valence-corrected chi connectivity index (χ3v) is 3.54. The predicted molar refractivity (Wildman–Crippen MR) is 84.3 cm³/mol. The van der Waals surface area contributed by atoms with Crippen molar-refractivity contribution < 1.29 is 14.3 Å². The molecular weight excluding hydrogens is 280 g/mol. The fraction of sp³-hybridized carbons (Fsp3) is 0.412. The summed E-state index contributed by atoms with van der Waals surface area (Å²) in [4.78, 5) is 18.2. The molecule has 0 fully saturated rings. The number of hydrogen-bond acceptors (Lipinski definition) is 4. The second-order valence-electron chi connectivity index (χ2n) is 5.52. The first kappa shape index (κ1) is 16.2. The minimum Gasteiger partial charge on any atom is -0.441 e. The lowest BCUT2D eigenvalue weighted by Crippen LogP contribution is -2.30. The quantitative estimate of drug-likeness (QED) is 0.890. The monoisotopic (exact) mass is 302 g/mol. The van der Waals surface area contributed by atoms with E-state index in [1.165, 1.54) is 0 Å². The third-order valence-electron chi connectivity index (χ3n) is 3.54.